The van der Waals surface area contributed by atoms with E-state index in [0.717, 1.165) is 5.56 Å². The Hall–Kier alpha value is -1.91. The topological polar surface area (TPSA) is 43.8 Å². The molecule has 1 aromatic heterocycles. The van der Waals surface area contributed by atoms with Gasteiger partial charge in [-0.15, -0.1) is 0 Å². The van der Waals surface area contributed by atoms with Crippen LogP contribution in [-0.2, 0) is 6.54 Å². The summed E-state index contributed by atoms with van der Waals surface area (Å²) in [6, 6.07) is 6.28. The molecule has 2 rings (SSSR count). The summed E-state index contributed by atoms with van der Waals surface area (Å²) in [5.41, 5.74) is 6.39. The van der Waals surface area contributed by atoms with Gasteiger partial charge in [0.15, 0.2) is 5.95 Å². The highest BCUT2D eigenvalue weighted by Crippen LogP contribution is 2.20. The van der Waals surface area contributed by atoms with Crippen molar-refractivity contribution in [2.45, 2.75) is 13.0 Å². The molecule has 0 aliphatic heterocycles. The van der Waals surface area contributed by atoms with Gasteiger partial charge in [0.25, 0.3) is 6.43 Å². The van der Waals surface area contributed by atoms with E-state index in [1.54, 1.807) is 29.1 Å². The predicted octanol–water partition coefficient (Wildman–Crippen LogP) is 2.45. The molecule has 0 saturated carbocycles. The monoisotopic (exact) mass is 223 g/mol. The van der Waals surface area contributed by atoms with Gasteiger partial charge in [-0.05, 0) is 11.6 Å². The number of hydrogen-bond donors (Lipinski definition) is 1. The lowest BCUT2D eigenvalue weighted by Gasteiger charge is -2.06. The molecule has 2 N–H and O–H groups in total. The van der Waals surface area contributed by atoms with Crippen LogP contribution in [0.2, 0.25) is 0 Å². The Morgan fingerprint density at radius 3 is 2.81 bits per heavy atom. The van der Waals surface area contributed by atoms with Crippen LogP contribution in [0.4, 0.5) is 14.7 Å². The fraction of sp³-hybridized carbons (Fsp3) is 0.182. The Morgan fingerprint density at radius 1 is 1.38 bits per heavy atom. The average Bonchev–Trinajstić information content (AvgIpc) is 2.65. The predicted molar refractivity (Wildman–Crippen MR) is 57.1 cm³/mol. The van der Waals surface area contributed by atoms with Gasteiger partial charge >= 0.3 is 0 Å². The van der Waals surface area contributed by atoms with E-state index < -0.39 is 6.43 Å². The third-order valence-corrected chi connectivity index (χ3v) is 2.30. The number of rotatable bonds is 3. The fourth-order valence-corrected chi connectivity index (χ4v) is 1.50. The Balaban J connectivity index is 2.22. The maximum Gasteiger partial charge on any atom is 0.263 e. The minimum Gasteiger partial charge on any atom is -0.369 e. The highest BCUT2D eigenvalue weighted by Gasteiger charge is 2.07. The molecular weight excluding hydrogens is 212 g/mol. The molecule has 0 spiro atoms. The zero-order valence-electron chi connectivity index (χ0n) is 8.48. The van der Waals surface area contributed by atoms with Gasteiger partial charge in [-0.25, -0.2) is 13.8 Å². The molecule has 1 heterocycles. The third-order valence-electron chi connectivity index (χ3n) is 2.30. The fourth-order valence-electron chi connectivity index (χ4n) is 1.50. The summed E-state index contributed by atoms with van der Waals surface area (Å²) in [7, 11) is 0. The largest absolute Gasteiger partial charge is 0.369 e. The van der Waals surface area contributed by atoms with Gasteiger partial charge in [0, 0.05) is 18.0 Å². The van der Waals surface area contributed by atoms with Crippen LogP contribution < -0.4 is 5.73 Å². The first kappa shape index (κ1) is 10.6. The minimum absolute atomic E-state index is 0.0242. The Bertz CT molecular complexity index is 480. The molecule has 3 nitrogen and oxygen atoms in total. The molecule has 0 bridgehead atoms. The van der Waals surface area contributed by atoms with Crippen molar-refractivity contribution in [2.24, 2.45) is 0 Å². The molecule has 0 fully saturated rings. The maximum atomic E-state index is 12.5. The van der Waals surface area contributed by atoms with Crippen LogP contribution in [0.15, 0.2) is 36.7 Å². The number of benzene rings is 1. The number of alkyl halides is 2. The zero-order valence-corrected chi connectivity index (χ0v) is 8.48. The van der Waals surface area contributed by atoms with Crippen LogP contribution in [0, 0.1) is 0 Å². The third kappa shape index (κ3) is 2.18. The van der Waals surface area contributed by atoms with Crippen LogP contribution in [0.5, 0.6) is 0 Å². The van der Waals surface area contributed by atoms with Crippen molar-refractivity contribution in [1.29, 1.82) is 0 Å². The zero-order chi connectivity index (χ0) is 11.5. The van der Waals surface area contributed by atoms with E-state index in [4.69, 9.17) is 5.73 Å². The molecular formula is C11H11F2N3. The molecule has 0 saturated heterocycles. The number of imidazole rings is 1. The summed E-state index contributed by atoms with van der Waals surface area (Å²) in [5.74, 6) is 0.377. The quantitative estimate of drug-likeness (QED) is 0.868. The molecule has 84 valence electrons. The van der Waals surface area contributed by atoms with Gasteiger partial charge in [-0.2, -0.15) is 0 Å². The minimum atomic E-state index is -2.44. The van der Waals surface area contributed by atoms with Gasteiger partial charge in [0.2, 0.25) is 0 Å². The van der Waals surface area contributed by atoms with E-state index in [0.29, 0.717) is 12.5 Å². The lowest BCUT2D eigenvalue weighted by atomic mass is 10.1. The van der Waals surface area contributed by atoms with Crippen molar-refractivity contribution in [3.05, 3.63) is 47.8 Å². The molecule has 0 aliphatic carbocycles. The maximum absolute atomic E-state index is 12.5. The van der Waals surface area contributed by atoms with Gasteiger partial charge < -0.3 is 10.3 Å². The number of aromatic nitrogens is 2. The first-order valence-corrected chi connectivity index (χ1v) is 4.80. The summed E-state index contributed by atoms with van der Waals surface area (Å²) < 4.78 is 26.6. The number of hydrogen-bond acceptors (Lipinski definition) is 2. The molecule has 0 unspecified atom stereocenters. The number of nitrogens with two attached hydrogens (primary N) is 1. The average molecular weight is 223 g/mol. The van der Waals surface area contributed by atoms with Gasteiger partial charge in [0.1, 0.15) is 0 Å². The van der Waals surface area contributed by atoms with Crippen molar-refractivity contribution < 1.29 is 8.78 Å². The van der Waals surface area contributed by atoms with Gasteiger partial charge in [-0.3, -0.25) is 0 Å². The Morgan fingerprint density at radius 2 is 2.19 bits per heavy atom. The second-order valence-corrected chi connectivity index (χ2v) is 3.46. The molecule has 0 radical (unpaired) electrons. The number of halogens is 2. The van der Waals surface area contributed by atoms with E-state index in [1.165, 1.54) is 12.1 Å². The molecule has 5 heteroatoms. The van der Waals surface area contributed by atoms with Crippen LogP contribution in [0.3, 0.4) is 0 Å². The van der Waals surface area contributed by atoms with Crippen molar-refractivity contribution in [3.63, 3.8) is 0 Å². The number of anilines is 1. The van der Waals surface area contributed by atoms with E-state index in [1.807, 2.05) is 0 Å². The first-order valence-electron chi connectivity index (χ1n) is 4.80. The summed E-state index contributed by atoms with van der Waals surface area (Å²) in [4.78, 5) is 3.86. The first-order chi connectivity index (χ1) is 7.66. The van der Waals surface area contributed by atoms with E-state index in [-0.39, 0.29) is 5.56 Å². The van der Waals surface area contributed by atoms with Crippen molar-refractivity contribution >= 4 is 5.95 Å². The molecule has 1 aromatic carbocycles. The summed E-state index contributed by atoms with van der Waals surface area (Å²) in [6.45, 7) is 0.451. The van der Waals surface area contributed by atoms with Gasteiger partial charge in [-0.1, -0.05) is 18.2 Å². The summed E-state index contributed by atoms with van der Waals surface area (Å²) in [6.07, 6.45) is 0.844. The molecule has 2 aromatic rings. The van der Waals surface area contributed by atoms with E-state index in [2.05, 4.69) is 4.98 Å². The SMILES string of the molecule is Nc1nccn1Cc1cccc(C(F)F)c1. The Kier molecular flexibility index (Phi) is 2.85. The lowest BCUT2D eigenvalue weighted by molar-refractivity contribution is 0.151. The van der Waals surface area contributed by atoms with Crippen molar-refractivity contribution in [1.82, 2.24) is 9.55 Å². The second kappa shape index (κ2) is 4.30. The standard InChI is InChI=1S/C11H11F2N3/c12-10(13)9-3-1-2-8(6-9)7-16-5-4-15-11(16)14/h1-6,10H,7H2,(H2,14,15). The number of nitrogens with zero attached hydrogens (tertiary/aromatic N) is 2. The van der Waals surface area contributed by atoms with E-state index >= 15 is 0 Å². The highest BCUT2D eigenvalue weighted by atomic mass is 19.3. The van der Waals surface area contributed by atoms with Crippen LogP contribution >= 0.6 is 0 Å². The summed E-state index contributed by atoms with van der Waals surface area (Å²) >= 11 is 0. The number of nitrogen functional groups attached to an aromatic ring is 1. The second-order valence-electron chi connectivity index (χ2n) is 3.46. The smallest absolute Gasteiger partial charge is 0.263 e. The molecule has 0 aliphatic rings. The van der Waals surface area contributed by atoms with Gasteiger partial charge in [0.05, 0.1) is 6.54 Å². The normalized spacial score (nSPS) is 10.9. The summed E-state index contributed by atoms with van der Waals surface area (Å²) in [5, 5.41) is 0. The highest BCUT2D eigenvalue weighted by molar-refractivity contribution is 5.26. The molecule has 0 atom stereocenters. The molecule has 0 amide bonds. The van der Waals surface area contributed by atoms with Crippen LogP contribution in [0.25, 0.3) is 0 Å². The van der Waals surface area contributed by atoms with Crippen molar-refractivity contribution in [2.75, 3.05) is 5.73 Å². The van der Waals surface area contributed by atoms with Crippen LogP contribution in [-0.4, -0.2) is 9.55 Å². The van der Waals surface area contributed by atoms with Crippen LogP contribution in [0.1, 0.15) is 17.6 Å². The lowest BCUT2D eigenvalue weighted by Crippen LogP contribution is -2.03. The molecule has 16 heavy (non-hydrogen) atoms. The van der Waals surface area contributed by atoms with E-state index in [9.17, 15) is 8.78 Å². The Labute approximate surface area is 91.5 Å². The van der Waals surface area contributed by atoms with Crippen molar-refractivity contribution in [3.8, 4) is 0 Å².